The molecule has 0 heterocycles. The third-order valence-electron chi connectivity index (χ3n) is 5.32. The summed E-state index contributed by atoms with van der Waals surface area (Å²) in [6.07, 6.45) is 4.41. The van der Waals surface area contributed by atoms with Crippen LogP contribution >= 0.6 is 0 Å². The topological polar surface area (TPSA) is 0 Å². The Balaban J connectivity index is 1.77. The fraction of sp³-hybridized carbons (Fsp3) is 0. The van der Waals surface area contributed by atoms with Crippen LogP contribution in [-0.2, 0) is 0 Å². The van der Waals surface area contributed by atoms with E-state index in [0.29, 0.717) is 0 Å². The van der Waals surface area contributed by atoms with Gasteiger partial charge in [-0.1, -0.05) is 121 Å². The second-order valence-corrected chi connectivity index (χ2v) is 7.24. The molecule has 0 spiro atoms. The molecule has 0 heteroatoms. The van der Waals surface area contributed by atoms with Crippen molar-refractivity contribution in [2.75, 3.05) is 0 Å². The molecule has 0 saturated heterocycles. The standard InChI is InChI=1S/C30H20/c1-3-11-23(12-4-1)19-21-29-25-15-7-9-17-27(25)30(28-18-10-8-16-26(28)29)22-20-24-13-5-2-6-14-24/h1-19,21H/b21-19+. The van der Waals surface area contributed by atoms with E-state index in [1.54, 1.807) is 0 Å². The fourth-order valence-corrected chi connectivity index (χ4v) is 3.88. The smallest absolute Gasteiger partial charge is 0.0406 e. The summed E-state index contributed by atoms with van der Waals surface area (Å²) < 4.78 is 0. The summed E-state index contributed by atoms with van der Waals surface area (Å²) in [6.45, 7) is 0. The molecular weight excluding hydrogens is 360 g/mol. The van der Waals surface area contributed by atoms with Gasteiger partial charge in [-0.05, 0) is 44.8 Å². The first-order chi connectivity index (χ1) is 14.9. The van der Waals surface area contributed by atoms with Crippen molar-refractivity contribution >= 4 is 33.7 Å². The second-order valence-electron chi connectivity index (χ2n) is 7.24. The number of rotatable bonds is 2. The Morgan fingerprint density at radius 3 is 1.53 bits per heavy atom. The second kappa shape index (κ2) is 8.11. The number of hydrogen-bond acceptors (Lipinski definition) is 0. The van der Waals surface area contributed by atoms with E-state index in [1.807, 2.05) is 36.4 Å². The van der Waals surface area contributed by atoms with Crippen LogP contribution in [0.2, 0.25) is 0 Å². The normalized spacial score (nSPS) is 10.9. The average Bonchev–Trinajstić information content (AvgIpc) is 2.82. The maximum atomic E-state index is 3.47. The summed E-state index contributed by atoms with van der Waals surface area (Å²) in [4.78, 5) is 0. The van der Waals surface area contributed by atoms with Crippen LogP contribution in [0.3, 0.4) is 0 Å². The minimum absolute atomic E-state index is 1.03. The molecule has 5 aromatic rings. The molecule has 0 nitrogen and oxygen atoms in total. The van der Waals surface area contributed by atoms with Crippen LogP contribution < -0.4 is 0 Å². The summed E-state index contributed by atoms with van der Waals surface area (Å²) >= 11 is 0. The zero-order chi connectivity index (χ0) is 20.2. The Kier molecular flexibility index (Phi) is 4.86. The lowest BCUT2D eigenvalue weighted by Gasteiger charge is -2.12. The van der Waals surface area contributed by atoms with Gasteiger partial charge in [0.05, 0.1) is 0 Å². The van der Waals surface area contributed by atoms with Gasteiger partial charge in [-0.15, -0.1) is 0 Å². The largest absolute Gasteiger partial charge is 0.0622 e. The quantitative estimate of drug-likeness (QED) is 0.168. The molecule has 5 aromatic carbocycles. The number of hydrogen-bond donors (Lipinski definition) is 0. The molecule has 0 aliphatic rings. The first-order valence-electron chi connectivity index (χ1n) is 10.1. The fourth-order valence-electron chi connectivity index (χ4n) is 3.88. The Morgan fingerprint density at radius 1 is 0.433 bits per heavy atom. The lowest BCUT2D eigenvalue weighted by Crippen LogP contribution is -1.89. The molecule has 140 valence electrons. The predicted octanol–water partition coefficient (Wildman–Crippen LogP) is 7.56. The molecule has 0 fully saturated rings. The van der Waals surface area contributed by atoms with Crippen molar-refractivity contribution in [3.63, 3.8) is 0 Å². The summed E-state index contributed by atoms with van der Waals surface area (Å²) in [5, 5.41) is 4.82. The van der Waals surface area contributed by atoms with Crippen LogP contribution in [0, 0.1) is 11.8 Å². The maximum Gasteiger partial charge on any atom is 0.0406 e. The van der Waals surface area contributed by atoms with E-state index in [0.717, 1.165) is 11.1 Å². The van der Waals surface area contributed by atoms with Crippen molar-refractivity contribution in [1.82, 2.24) is 0 Å². The first-order valence-corrected chi connectivity index (χ1v) is 10.1. The van der Waals surface area contributed by atoms with Crippen molar-refractivity contribution < 1.29 is 0 Å². The summed E-state index contributed by atoms with van der Waals surface area (Å²) in [6, 6.07) is 37.7. The molecule has 0 saturated carbocycles. The van der Waals surface area contributed by atoms with Gasteiger partial charge < -0.3 is 0 Å². The summed E-state index contributed by atoms with van der Waals surface area (Å²) in [5.41, 5.74) is 4.54. The number of fused-ring (bicyclic) bond motifs is 2. The Labute approximate surface area is 177 Å². The van der Waals surface area contributed by atoms with Crippen LogP contribution in [0.4, 0.5) is 0 Å². The van der Waals surface area contributed by atoms with E-state index in [9.17, 15) is 0 Å². The van der Waals surface area contributed by atoms with Crippen molar-refractivity contribution in [1.29, 1.82) is 0 Å². The SMILES string of the molecule is C(#Cc1c2ccccc2c(/C=C/c2ccccc2)c2ccccc12)c1ccccc1. The highest BCUT2D eigenvalue weighted by molar-refractivity contribution is 6.12. The monoisotopic (exact) mass is 380 g/mol. The molecule has 0 amide bonds. The van der Waals surface area contributed by atoms with Gasteiger partial charge >= 0.3 is 0 Å². The van der Waals surface area contributed by atoms with Crippen LogP contribution in [0.15, 0.2) is 109 Å². The third-order valence-corrected chi connectivity index (χ3v) is 5.32. The Morgan fingerprint density at radius 2 is 0.933 bits per heavy atom. The highest BCUT2D eigenvalue weighted by Gasteiger charge is 2.10. The molecule has 0 N–H and O–H groups in total. The van der Waals surface area contributed by atoms with Crippen LogP contribution in [-0.4, -0.2) is 0 Å². The average molecular weight is 380 g/mol. The minimum atomic E-state index is 1.03. The van der Waals surface area contributed by atoms with Gasteiger partial charge in [0.25, 0.3) is 0 Å². The molecule has 5 rings (SSSR count). The van der Waals surface area contributed by atoms with Crippen LogP contribution in [0.1, 0.15) is 22.3 Å². The third kappa shape index (κ3) is 3.50. The highest BCUT2D eigenvalue weighted by atomic mass is 14.1. The molecular formula is C30H20. The van der Waals surface area contributed by atoms with Gasteiger partial charge in [0.2, 0.25) is 0 Å². The molecule has 0 atom stereocenters. The van der Waals surface area contributed by atoms with Gasteiger partial charge in [0.15, 0.2) is 0 Å². The van der Waals surface area contributed by atoms with Crippen molar-refractivity contribution in [3.8, 4) is 11.8 Å². The minimum Gasteiger partial charge on any atom is -0.0622 e. The zero-order valence-electron chi connectivity index (χ0n) is 16.5. The van der Waals surface area contributed by atoms with Gasteiger partial charge in [-0.2, -0.15) is 0 Å². The molecule has 30 heavy (non-hydrogen) atoms. The van der Waals surface area contributed by atoms with E-state index >= 15 is 0 Å². The summed E-state index contributed by atoms with van der Waals surface area (Å²) in [7, 11) is 0. The van der Waals surface area contributed by atoms with Crippen molar-refractivity contribution in [3.05, 3.63) is 131 Å². The van der Waals surface area contributed by atoms with Gasteiger partial charge in [-0.3, -0.25) is 0 Å². The van der Waals surface area contributed by atoms with Crippen LogP contribution in [0.5, 0.6) is 0 Å². The maximum absolute atomic E-state index is 3.47. The predicted molar refractivity (Wildman–Crippen MR) is 129 cm³/mol. The van der Waals surface area contributed by atoms with E-state index in [2.05, 4.69) is 96.8 Å². The lowest BCUT2D eigenvalue weighted by atomic mass is 9.91. The van der Waals surface area contributed by atoms with Gasteiger partial charge in [0, 0.05) is 11.1 Å². The Bertz CT molecular complexity index is 1360. The Hall–Kier alpha value is -4.08. The molecule has 0 aliphatic heterocycles. The van der Waals surface area contributed by atoms with Crippen LogP contribution in [0.25, 0.3) is 33.7 Å². The van der Waals surface area contributed by atoms with Crippen molar-refractivity contribution in [2.45, 2.75) is 0 Å². The van der Waals surface area contributed by atoms with E-state index < -0.39 is 0 Å². The van der Waals surface area contributed by atoms with E-state index in [1.165, 1.54) is 32.7 Å². The van der Waals surface area contributed by atoms with Gasteiger partial charge in [0.1, 0.15) is 0 Å². The first kappa shape index (κ1) is 18.0. The molecule has 0 unspecified atom stereocenters. The molecule has 0 aromatic heterocycles. The zero-order valence-corrected chi connectivity index (χ0v) is 16.5. The highest BCUT2D eigenvalue weighted by Crippen LogP contribution is 2.33. The summed E-state index contributed by atoms with van der Waals surface area (Å²) in [5.74, 6) is 6.83. The molecule has 0 radical (unpaired) electrons. The lowest BCUT2D eigenvalue weighted by molar-refractivity contribution is 1.64. The van der Waals surface area contributed by atoms with E-state index in [-0.39, 0.29) is 0 Å². The van der Waals surface area contributed by atoms with Gasteiger partial charge in [-0.25, -0.2) is 0 Å². The van der Waals surface area contributed by atoms with Crippen molar-refractivity contribution in [2.24, 2.45) is 0 Å². The number of benzene rings is 5. The molecule has 0 bridgehead atoms. The molecule has 0 aliphatic carbocycles. The van der Waals surface area contributed by atoms with E-state index in [4.69, 9.17) is 0 Å².